The highest BCUT2D eigenvalue weighted by molar-refractivity contribution is 14.1. The van der Waals surface area contributed by atoms with Gasteiger partial charge in [-0.05, 0) is 60.1 Å². The van der Waals surface area contributed by atoms with Crippen LogP contribution in [0.1, 0.15) is 32.6 Å². The van der Waals surface area contributed by atoms with Gasteiger partial charge in [-0.1, -0.05) is 13.3 Å². The van der Waals surface area contributed by atoms with E-state index in [2.05, 4.69) is 10.0 Å². The lowest BCUT2D eigenvalue weighted by Crippen LogP contribution is -2.29. The third-order valence-corrected chi connectivity index (χ3v) is 6.94. The number of hydrogen-bond donors (Lipinski definition) is 3. The number of aromatic nitrogens is 1. The minimum atomic E-state index is -3.78. The van der Waals surface area contributed by atoms with Crippen LogP contribution in [0.25, 0.3) is 0 Å². The first-order valence-corrected chi connectivity index (χ1v) is 11.9. The van der Waals surface area contributed by atoms with Crippen LogP contribution < -0.4 is 15.6 Å². The molecule has 1 atom stereocenters. The number of rotatable bonds is 10. The Hall–Kier alpha value is -1.66. The van der Waals surface area contributed by atoms with Gasteiger partial charge < -0.3 is 15.0 Å². The highest BCUT2D eigenvalue weighted by Crippen LogP contribution is 2.28. The molecular weight excluding hydrogens is 512 g/mol. The third kappa shape index (κ3) is 6.41. The van der Waals surface area contributed by atoms with Crippen LogP contribution in [0.4, 0.5) is 21.5 Å². The number of anilines is 3. The first-order chi connectivity index (χ1) is 13.7. The van der Waals surface area contributed by atoms with Crippen molar-refractivity contribution < 1.29 is 17.9 Å². The van der Waals surface area contributed by atoms with Gasteiger partial charge in [0.1, 0.15) is 5.82 Å². The largest absolute Gasteiger partial charge is 0.396 e. The number of aryl methyl sites for hydroxylation is 1. The highest BCUT2D eigenvalue weighted by Gasteiger charge is 2.25. The molecule has 0 aliphatic carbocycles. The zero-order valence-electron chi connectivity index (χ0n) is 16.3. The van der Waals surface area contributed by atoms with Crippen LogP contribution in [0, 0.1) is 9.39 Å². The molecule has 2 aromatic rings. The maximum atomic E-state index is 14.2. The molecule has 0 spiro atoms. The fraction of sp³-hybridized carbons (Fsp3) is 0.421. The van der Waals surface area contributed by atoms with E-state index in [1.807, 2.05) is 29.5 Å². The number of sulfonamides is 1. The summed E-state index contributed by atoms with van der Waals surface area (Å²) in [5.74, 6) is -0.516. The lowest BCUT2D eigenvalue weighted by Gasteiger charge is -2.20. The fourth-order valence-electron chi connectivity index (χ4n) is 2.88. The lowest BCUT2D eigenvalue weighted by atomic mass is 10.1. The van der Waals surface area contributed by atoms with E-state index in [1.54, 1.807) is 6.07 Å². The summed E-state index contributed by atoms with van der Waals surface area (Å²) in [4.78, 5) is 12.1. The topological polar surface area (TPSA) is 100 Å². The summed E-state index contributed by atoms with van der Waals surface area (Å²) in [7, 11) is -2.28. The normalized spacial score (nSPS) is 12.6. The van der Waals surface area contributed by atoms with E-state index >= 15 is 0 Å². The molecule has 0 radical (unpaired) electrons. The highest BCUT2D eigenvalue weighted by atomic mass is 127. The van der Waals surface area contributed by atoms with Gasteiger partial charge in [-0.15, -0.1) is 0 Å². The van der Waals surface area contributed by atoms with Crippen molar-refractivity contribution >= 4 is 49.7 Å². The van der Waals surface area contributed by atoms with Crippen molar-refractivity contribution in [3.8, 4) is 0 Å². The van der Waals surface area contributed by atoms with E-state index in [0.29, 0.717) is 29.3 Å². The van der Waals surface area contributed by atoms with Gasteiger partial charge in [0.15, 0.2) is 0 Å². The number of aliphatic hydroxyl groups excluding tert-OH is 1. The third-order valence-electron chi connectivity index (χ3n) is 4.41. The average molecular weight is 537 g/mol. The fourth-order valence-corrected chi connectivity index (χ4v) is 4.99. The van der Waals surface area contributed by atoms with Crippen LogP contribution in [-0.2, 0) is 17.1 Å². The molecule has 0 bridgehead atoms. The van der Waals surface area contributed by atoms with Crippen molar-refractivity contribution in [1.29, 1.82) is 0 Å². The molecule has 0 aliphatic heterocycles. The summed E-state index contributed by atoms with van der Waals surface area (Å²) in [5.41, 5.74) is 0.0700. The van der Waals surface area contributed by atoms with E-state index in [9.17, 15) is 17.6 Å². The second-order valence-corrected chi connectivity index (χ2v) is 9.93. The lowest BCUT2D eigenvalue weighted by molar-refractivity contribution is 0.282. The smallest absolute Gasteiger partial charge is 0.252 e. The van der Waals surface area contributed by atoms with Crippen molar-refractivity contribution in [2.45, 2.75) is 37.9 Å². The molecule has 1 unspecified atom stereocenters. The van der Waals surface area contributed by atoms with E-state index in [1.165, 1.54) is 36.0 Å². The SMILES string of the molecule is CCCC(CCCO)S(=O)(=O)Nc1cn(C)c(=O)cc1Nc1ccc(I)cc1F. The Bertz CT molecular complexity index is 1010. The Morgan fingerprint density at radius 2 is 1.93 bits per heavy atom. The molecule has 1 aromatic heterocycles. The van der Waals surface area contributed by atoms with Crippen molar-refractivity contribution in [2.75, 3.05) is 16.6 Å². The second-order valence-electron chi connectivity index (χ2n) is 6.72. The molecule has 3 N–H and O–H groups in total. The van der Waals surface area contributed by atoms with Gasteiger partial charge in [0, 0.05) is 29.5 Å². The molecule has 0 amide bonds. The first kappa shape index (κ1) is 23.6. The van der Waals surface area contributed by atoms with Gasteiger partial charge in [0.2, 0.25) is 10.0 Å². The summed E-state index contributed by atoms with van der Waals surface area (Å²) in [5, 5.41) is 11.2. The number of benzene rings is 1. The van der Waals surface area contributed by atoms with Crippen molar-refractivity contribution in [1.82, 2.24) is 4.57 Å². The molecule has 1 heterocycles. The number of hydrogen-bond acceptors (Lipinski definition) is 5. The zero-order valence-corrected chi connectivity index (χ0v) is 19.3. The Kier molecular flexibility index (Phi) is 8.46. The molecular formula is C19H25FIN3O4S. The maximum Gasteiger partial charge on any atom is 0.252 e. The monoisotopic (exact) mass is 537 g/mol. The van der Waals surface area contributed by atoms with E-state index in [-0.39, 0.29) is 29.2 Å². The van der Waals surface area contributed by atoms with Crippen LogP contribution in [0.2, 0.25) is 0 Å². The number of halogens is 2. The summed E-state index contributed by atoms with van der Waals surface area (Å²) >= 11 is 1.98. The van der Waals surface area contributed by atoms with Gasteiger partial charge in [-0.25, -0.2) is 12.8 Å². The van der Waals surface area contributed by atoms with E-state index in [4.69, 9.17) is 5.11 Å². The van der Waals surface area contributed by atoms with Crippen molar-refractivity contribution in [3.05, 3.63) is 50.2 Å². The Morgan fingerprint density at radius 1 is 1.21 bits per heavy atom. The van der Waals surface area contributed by atoms with Gasteiger partial charge in [-0.2, -0.15) is 0 Å². The number of nitrogens with one attached hydrogen (secondary N) is 2. The molecule has 160 valence electrons. The van der Waals surface area contributed by atoms with Gasteiger partial charge in [-0.3, -0.25) is 9.52 Å². The van der Waals surface area contributed by atoms with Crippen LogP contribution in [0.5, 0.6) is 0 Å². The van der Waals surface area contributed by atoms with Crippen LogP contribution in [0.15, 0.2) is 35.3 Å². The van der Waals surface area contributed by atoms with Crippen LogP contribution in [-0.4, -0.2) is 29.9 Å². The Labute approximate surface area is 183 Å². The Morgan fingerprint density at radius 3 is 2.55 bits per heavy atom. The molecule has 29 heavy (non-hydrogen) atoms. The maximum absolute atomic E-state index is 14.2. The van der Waals surface area contributed by atoms with Gasteiger partial charge in [0.05, 0.1) is 22.3 Å². The number of nitrogens with zero attached hydrogens (tertiary/aromatic N) is 1. The summed E-state index contributed by atoms with van der Waals surface area (Å²) in [6.07, 6.45) is 3.17. The van der Waals surface area contributed by atoms with Crippen molar-refractivity contribution in [2.24, 2.45) is 7.05 Å². The Balaban J connectivity index is 2.41. The molecule has 10 heteroatoms. The van der Waals surface area contributed by atoms with Crippen LogP contribution in [0.3, 0.4) is 0 Å². The van der Waals surface area contributed by atoms with Gasteiger partial charge in [0.25, 0.3) is 5.56 Å². The molecule has 0 fully saturated rings. The molecule has 2 rings (SSSR count). The van der Waals surface area contributed by atoms with Gasteiger partial charge >= 0.3 is 0 Å². The summed E-state index contributed by atoms with van der Waals surface area (Å²) < 4.78 is 44.6. The zero-order chi connectivity index (χ0) is 21.6. The molecule has 0 saturated heterocycles. The minimum Gasteiger partial charge on any atom is -0.396 e. The predicted molar refractivity (Wildman–Crippen MR) is 122 cm³/mol. The quantitative estimate of drug-likeness (QED) is 0.403. The van der Waals surface area contributed by atoms with Crippen LogP contribution >= 0.6 is 22.6 Å². The minimum absolute atomic E-state index is 0.0888. The molecule has 0 saturated carbocycles. The van der Waals surface area contributed by atoms with E-state index < -0.39 is 21.1 Å². The standard InChI is InChI=1S/C19H25FIN3O4S/c1-3-5-14(6-4-9-25)29(27,28)23-18-12-24(2)19(26)11-17(18)22-16-8-7-13(21)10-15(16)20/h7-8,10-12,14,22-23,25H,3-6,9H2,1-2H3. The number of aliphatic hydroxyl groups is 1. The predicted octanol–water partition coefficient (Wildman–Crippen LogP) is 3.56. The summed E-state index contributed by atoms with van der Waals surface area (Å²) in [6, 6.07) is 5.77. The second kappa shape index (κ2) is 10.4. The molecule has 7 nitrogen and oxygen atoms in total. The molecule has 0 aliphatic rings. The molecule has 1 aromatic carbocycles. The number of pyridine rings is 1. The van der Waals surface area contributed by atoms with E-state index in [0.717, 1.165) is 0 Å². The average Bonchev–Trinajstić information content (AvgIpc) is 2.64. The first-order valence-electron chi connectivity index (χ1n) is 9.23. The summed E-state index contributed by atoms with van der Waals surface area (Å²) in [6.45, 7) is 1.80. The van der Waals surface area contributed by atoms with Crippen molar-refractivity contribution in [3.63, 3.8) is 0 Å².